The number of anilines is 1. The maximum absolute atomic E-state index is 6.02. The van der Waals surface area contributed by atoms with Crippen molar-refractivity contribution in [3.8, 4) is 11.4 Å². The number of halogens is 1. The Morgan fingerprint density at radius 3 is 3.10 bits per heavy atom. The number of H-pyrrole nitrogens is 1. The number of unbranched alkanes of at least 4 members (excludes halogenated alkanes) is 1. The van der Waals surface area contributed by atoms with Gasteiger partial charge in [-0.05, 0) is 18.6 Å². The normalized spacial score (nSPS) is 11.0. The molecule has 5 nitrogen and oxygen atoms in total. The Morgan fingerprint density at radius 2 is 2.24 bits per heavy atom. The summed E-state index contributed by atoms with van der Waals surface area (Å²) in [5.74, 6) is 1.49. The fourth-order valence-corrected chi connectivity index (χ4v) is 2.30. The third-order valence-electron chi connectivity index (χ3n) is 3.23. The fraction of sp³-hybridized carbons (Fsp3) is 0.267. The topological polar surface area (TPSA) is 66.5 Å². The van der Waals surface area contributed by atoms with E-state index in [1.807, 2.05) is 18.3 Å². The molecule has 2 N–H and O–H groups in total. The molecule has 0 unspecified atom stereocenters. The van der Waals surface area contributed by atoms with E-state index in [-0.39, 0.29) is 0 Å². The molecule has 0 fully saturated rings. The minimum absolute atomic E-state index is 0.598. The molecule has 108 valence electrons. The van der Waals surface area contributed by atoms with Gasteiger partial charge in [0.1, 0.15) is 11.5 Å². The van der Waals surface area contributed by atoms with Gasteiger partial charge in [-0.2, -0.15) is 0 Å². The molecule has 0 saturated heterocycles. The van der Waals surface area contributed by atoms with Crippen LogP contribution in [0, 0.1) is 0 Å². The number of nitrogens with zero attached hydrogens (tertiary/aromatic N) is 3. The van der Waals surface area contributed by atoms with E-state index < -0.39 is 0 Å². The molecule has 0 amide bonds. The summed E-state index contributed by atoms with van der Waals surface area (Å²) in [7, 11) is 0. The first-order valence-corrected chi connectivity index (χ1v) is 7.35. The minimum Gasteiger partial charge on any atom is -0.370 e. The van der Waals surface area contributed by atoms with Crippen molar-refractivity contribution in [3.63, 3.8) is 0 Å². The molecule has 3 aromatic rings. The van der Waals surface area contributed by atoms with Crippen LogP contribution in [0.5, 0.6) is 0 Å². The maximum Gasteiger partial charge on any atom is 0.163 e. The first-order chi connectivity index (χ1) is 10.3. The Hall–Kier alpha value is -2.14. The highest BCUT2D eigenvalue weighted by atomic mass is 35.5. The van der Waals surface area contributed by atoms with E-state index in [9.17, 15) is 0 Å². The van der Waals surface area contributed by atoms with Gasteiger partial charge < -0.3 is 10.3 Å². The van der Waals surface area contributed by atoms with E-state index >= 15 is 0 Å². The van der Waals surface area contributed by atoms with Crippen molar-refractivity contribution in [3.05, 3.63) is 35.7 Å². The molecule has 3 rings (SSSR count). The number of aromatic amines is 1. The smallest absolute Gasteiger partial charge is 0.163 e. The van der Waals surface area contributed by atoms with Crippen LogP contribution in [0.25, 0.3) is 22.4 Å². The zero-order valence-corrected chi connectivity index (χ0v) is 12.5. The lowest BCUT2D eigenvalue weighted by atomic mass is 10.2. The van der Waals surface area contributed by atoms with Gasteiger partial charge in [0.05, 0.1) is 5.02 Å². The molecule has 0 spiro atoms. The molecule has 0 radical (unpaired) electrons. The van der Waals surface area contributed by atoms with Gasteiger partial charge in [-0.3, -0.25) is 0 Å². The predicted octanol–water partition coefficient (Wildman–Crippen LogP) is 3.89. The Kier molecular flexibility index (Phi) is 4.01. The highest BCUT2D eigenvalue weighted by molar-refractivity contribution is 6.31. The van der Waals surface area contributed by atoms with Crippen LogP contribution in [0.1, 0.15) is 19.8 Å². The van der Waals surface area contributed by atoms with E-state index in [1.165, 1.54) is 0 Å². The van der Waals surface area contributed by atoms with Gasteiger partial charge in [-0.25, -0.2) is 15.0 Å². The lowest BCUT2D eigenvalue weighted by Crippen LogP contribution is -2.03. The van der Waals surface area contributed by atoms with Crippen molar-refractivity contribution < 1.29 is 0 Å². The van der Waals surface area contributed by atoms with Crippen LogP contribution in [-0.2, 0) is 0 Å². The summed E-state index contributed by atoms with van der Waals surface area (Å²) < 4.78 is 0. The van der Waals surface area contributed by atoms with Gasteiger partial charge in [0, 0.05) is 36.1 Å². The first-order valence-electron chi connectivity index (χ1n) is 6.98. The molecule has 6 heteroatoms. The summed E-state index contributed by atoms with van der Waals surface area (Å²) in [6.45, 7) is 3.07. The summed E-state index contributed by atoms with van der Waals surface area (Å²) in [5.41, 5.74) is 1.68. The maximum atomic E-state index is 6.02. The monoisotopic (exact) mass is 301 g/mol. The Morgan fingerprint density at radius 1 is 1.33 bits per heavy atom. The molecule has 3 heterocycles. The summed E-state index contributed by atoms with van der Waals surface area (Å²) in [4.78, 5) is 16.3. The standard InChI is InChI=1S/C15H16ClN5/c1-2-3-5-17-13-4-6-18-15(21-13)12-9-20-14-11(12)7-10(16)8-19-14/h4,6-9H,2-3,5H2,1H3,(H,19,20)(H,17,18,21). The molecule has 0 aliphatic heterocycles. The second kappa shape index (κ2) is 6.10. The highest BCUT2D eigenvalue weighted by Crippen LogP contribution is 2.27. The third kappa shape index (κ3) is 2.97. The van der Waals surface area contributed by atoms with Crippen molar-refractivity contribution in [2.75, 3.05) is 11.9 Å². The molecular weight excluding hydrogens is 286 g/mol. The molecule has 0 aliphatic carbocycles. The predicted molar refractivity (Wildman–Crippen MR) is 85.5 cm³/mol. The van der Waals surface area contributed by atoms with Crippen molar-refractivity contribution in [2.45, 2.75) is 19.8 Å². The van der Waals surface area contributed by atoms with Crippen molar-refractivity contribution in [2.24, 2.45) is 0 Å². The summed E-state index contributed by atoms with van der Waals surface area (Å²) in [5, 5.41) is 4.83. The van der Waals surface area contributed by atoms with E-state index in [2.05, 4.69) is 32.2 Å². The summed E-state index contributed by atoms with van der Waals surface area (Å²) in [6, 6.07) is 3.75. The first kappa shape index (κ1) is 13.8. The number of fused-ring (bicyclic) bond motifs is 1. The van der Waals surface area contributed by atoms with E-state index in [1.54, 1.807) is 12.4 Å². The van der Waals surface area contributed by atoms with Gasteiger partial charge in [0.25, 0.3) is 0 Å². The van der Waals surface area contributed by atoms with Crippen LogP contribution in [0.3, 0.4) is 0 Å². The number of pyridine rings is 1. The average Bonchev–Trinajstić information content (AvgIpc) is 2.91. The molecule has 3 aromatic heterocycles. The van der Waals surface area contributed by atoms with Crippen molar-refractivity contribution in [1.82, 2.24) is 19.9 Å². The molecule has 0 atom stereocenters. The number of nitrogens with one attached hydrogen (secondary N) is 2. The molecular formula is C15H16ClN5. The number of hydrogen-bond acceptors (Lipinski definition) is 4. The van der Waals surface area contributed by atoms with E-state index in [0.717, 1.165) is 41.8 Å². The largest absolute Gasteiger partial charge is 0.370 e. The number of rotatable bonds is 5. The lowest BCUT2D eigenvalue weighted by molar-refractivity contribution is 0.830. The average molecular weight is 302 g/mol. The third-order valence-corrected chi connectivity index (χ3v) is 3.44. The van der Waals surface area contributed by atoms with Crippen LogP contribution in [0.2, 0.25) is 5.02 Å². The van der Waals surface area contributed by atoms with Crippen LogP contribution in [-0.4, -0.2) is 26.5 Å². The number of aromatic nitrogens is 4. The highest BCUT2D eigenvalue weighted by Gasteiger charge is 2.10. The van der Waals surface area contributed by atoms with Crippen LogP contribution < -0.4 is 5.32 Å². The molecule has 0 aliphatic rings. The van der Waals surface area contributed by atoms with E-state index in [4.69, 9.17) is 11.6 Å². The van der Waals surface area contributed by atoms with Gasteiger partial charge in [0.15, 0.2) is 5.82 Å². The fourth-order valence-electron chi connectivity index (χ4n) is 2.14. The van der Waals surface area contributed by atoms with Gasteiger partial charge in [-0.15, -0.1) is 0 Å². The van der Waals surface area contributed by atoms with Crippen molar-refractivity contribution in [1.29, 1.82) is 0 Å². The summed E-state index contributed by atoms with van der Waals surface area (Å²) in [6.07, 6.45) is 7.50. The molecule has 0 bridgehead atoms. The zero-order valence-electron chi connectivity index (χ0n) is 11.7. The Labute approximate surface area is 127 Å². The second-order valence-electron chi connectivity index (χ2n) is 4.80. The minimum atomic E-state index is 0.598. The Balaban J connectivity index is 1.95. The zero-order chi connectivity index (χ0) is 14.7. The van der Waals surface area contributed by atoms with E-state index in [0.29, 0.717) is 10.8 Å². The molecule has 21 heavy (non-hydrogen) atoms. The lowest BCUT2D eigenvalue weighted by Gasteiger charge is -2.05. The summed E-state index contributed by atoms with van der Waals surface area (Å²) >= 11 is 6.02. The second-order valence-corrected chi connectivity index (χ2v) is 5.23. The van der Waals surface area contributed by atoms with Gasteiger partial charge >= 0.3 is 0 Å². The van der Waals surface area contributed by atoms with Crippen LogP contribution >= 0.6 is 11.6 Å². The van der Waals surface area contributed by atoms with Crippen LogP contribution in [0.15, 0.2) is 30.7 Å². The van der Waals surface area contributed by atoms with Gasteiger partial charge in [-0.1, -0.05) is 24.9 Å². The quantitative estimate of drug-likeness (QED) is 0.702. The van der Waals surface area contributed by atoms with Gasteiger partial charge in [0.2, 0.25) is 0 Å². The SMILES string of the molecule is CCCCNc1ccnc(-c2c[nH]c3ncc(Cl)cc23)n1. The van der Waals surface area contributed by atoms with Crippen LogP contribution in [0.4, 0.5) is 5.82 Å². The Bertz CT molecular complexity index is 753. The number of hydrogen-bond donors (Lipinski definition) is 2. The van der Waals surface area contributed by atoms with Crippen molar-refractivity contribution >= 4 is 28.5 Å². The molecule has 0 saturated carbocycles. The molecule has 0 aromatic carbocycles.